The van der Waals surface area contributed by atoms with Crippen LogP contribution in [0.15, 0.2) is 79.0 Å². The van der Waals surface area contributed by atoms with Crippen LogP contribution in [0.1, 0.15) is 49.4 Å². The molecule has 1 fully saturated rings. The van der Waals surface area contributed by atoms with Crippen LogP contribution >= 0.6 is 36.4 Å². The van der Waals surface area contributed by atoms with Gasteiger partial charge in [0, 0.05) is 37.8 Å². The highest BCUT2D eigenvalue weighted by atomic mass is 35.5. The van der Waals surface area contributed by atoms with Crippen LogP contribution < -0.4 is 5.32 Å². The minimum Gasteiger partial charge on any atom is -0.385 e. The largest absolute Gasteiger partial charge is 0.385 e. The second kappa shape index (κ2) is 14.1. The van der Waals surface area contributed by atoms with E-state index in [-0.39, 0.29) is 30.7 Å². The SMILES string of the molecule is CC(=O)NCC(CCCN1CCC(O)(c2ccc(Cl)cc2)CC1)(c1ccccc1)c1ccccn1.Cl.Cl. The van der Waals surface area contributed by atoms with Gasteiger partial charge in [0.25, 0.3) is 0 Å². The number of hydrogen-bond donors (Lipinski definition) is 2. The number of nitrogens with zero attached hydrogens (tertiary/aromatic N) is 2. The fraction of sp³-hybridized carbons (Fsp3) is 0.379. The standard InChI is InChI=1S/C29H34ClN3O2.2ClH/c1-23(34)32-22-28(24-8-3-2-4-9-24,27-10-5-6-18-31-27)15-7-19-33-20-16-29(35,17-21-33)25-11-13-26(30)14-12-25;;/h2-6,8-14,18,35H,7,15-17,19-22H2,1H3,(H,32,34);2*1H. The number of aromatic nitrogens is 1. The lowest BCUT2D eigenvalue weighted by atomic mass is 9.73. The van der Waals surface area contributed by atoms with E-state index in [2.05, 4.69) is 28.4 Å². The van der Waals surface area contributed by atoms with Crippen LogP contribution in [0, 0.1) is 0 Å². The Kier molecular flexibility index (Phi) is 11.9. The van der Waals surface area contributed by atoms with E-state index in [1.54, 1.807) is 6.92 Å². The van der Waals surface area contributed by atoms with E-state index in [0.29, 0.717) is 24.4 Å². The molecule has 1 aliphatic heterocycles. The molecule has 8 heteroatoms. The molecule has 1 amide bonds. The van der Waals surface area contributed by atoms with E-state index < -0.39 is 11.0 Å². The smallest absolute Gasteiger partial charge is 0.216 e. The monoisotopic (exact) mass is 563 g/mol. The van der Waals surface area contributed by atoms with Gasteiger partial charge in [-0.1, -0.05) is 60.1 Å². The van der Waals surface area contributed by atoms with Crippen LogP contribution in [0.3, 0.4) is 0 Å². The first-order chi connectivity index (χ1) is 16.9. The van der Waals surface area contributed by atoms with Crippen molar-refractivity contribution in [1.82, 2.24) is 15.2 Å². The van der Waals surface area contributed by atoms with Gasteiger partial charge in [0.2, 0.25) is 5.91 Å². The third kappa shape index (κ3) is 7.68. The first kappa shape index (κ1) is 31.1. The summed E-state index contributed by atoms with van der Waals surface area (Å²) < 4.78 is 0. The Hall–Kier alpha value is -2.15. The van der Waals surface area contributed by atoms with Crippen molar-refractivity contribution in [1.29, 1.82) is 0 Å². The van der Waals surface area contributed by atoms with Crippen LogP contribution in [0.5, 0.6) is 0 Å². The Morgan fingerprint density at radius 1 is 1.03 bits per heavy atom. The first-order valence-corrected chi connectivity index (χ1v) is 12.7. The van der Waals surface area contributed by atoms with Gasteiger partial charge >= 0.3 is 0 Å². The lowest BCUT2D eigenvalue weighted by Crippen LogP contribution is -2.44. The van der Waals surface area contributed by atoms with Crippen LogP contribution in [0.25, 0.3) is 0 Å². The molecular weight excluding hydrogens is 529 g/mol. The van der Waals surface area contributed by atoms with E-state index in [1.165, 1.54) is 0 Å². The van der Waals surface area contributed by atoms with Crippen LogP contribution in [0.4, 0.5) is 0 Å². The van der Waals surface area contributed by atoms with Gasteiger partial charge in [-0.2, -0.15) is 0 Å². The third-order valence-electron chi connectivity index (χ3n) is 7.26. The minimum absolute atomic E-state index is 0. The number of rotatable bonds is 9. The molecule has 2 N–H and O–H groups in total. The Morgan fingerprint density at radius 2 is 1.68 bits per heavy atom. The summed E-state index contributed by atoms with van der Waals surface area (Å²) in [7, 11) is 0. The van der Waals surface area contributed by atoms with Gasteiger partial charge in [0.1, 0.15) is 0 Å². The molecule has 1 aromatic heterocycles. The number of benzene rings is 2. The molecule has 0 radical (unpaired) electrons. The molecule has 1 unspecified atom stereocenters. The number of amides is 1. The molecule has 1 aliphatic rings. The van der Waals surface area contributed by atoms with E-state index >= 15 is 0 Å². The lowest BCUT2D eigenvalue weighted by molar-refractivity contribution is -0.119. The predicted octanol–water partition coefficient (Wildman–Crippen LogP) is 5.76. The van der Waals surface area contributed by atoms with Crippen LogP contribution in [-0.4, -0.2) is 47.1 Å². The number of pyridine rings is 1. The molecule has 2 aromatic carbocycles. The summed E-state index contributed by atoms with van der Waals surface area (Å²) in [6.45, 7) is 4.67. The highest BCUT2D eigenvalue weighted by molar-refractivity contribution is 6.30. The second-order valence-corrected chi connectivity index (χ2v) is 9.99. The van der Waals surface area contributed by atoms with Crippen molar-refractivity contribution < 1.29 is 9.90 Å². The maximum absolute atomic E-state index is 11.9. The Bertz CT molecular complexity index is 1050. The zero-order valence-corrected chi connectivity index (χ0v) is 23.5. The Morgan fingerprint density at radius 3 is 2.27 bits per heavy atom. The minimum atomic E-state index is -0.797. The van der Waals surface area contributed by atoms with E-state index in [0.717, 1.165) is 49.3 Å². The number of carbonyl (C=O) groups is 1. The predicted molar refractivity (Wildman–Crippen MR) is 155 cm³/mol. The van der Waals surface area contributed by atoms with Gasteiger partial charge in [-0.05, 0) is 67.6 Å². The van der Waals surface area contributed by atoms with Gasteiger partial charge in [-0.15, -0.1) is 24.8 Å². The molecule has 1 saturated heterocycles. The molecule has 5 nitrogen and oxygen atoms in total. The van der Waals surface area contributed by atoms with Gasteiger partial charge in [0.15, 0.2) is 0 Å². The average molecular weight is 565 g/mol. The summed E-state index contributed by atoms with van der Waals surface area (Å²) in [6, 6.07) is 23.9. The number of piperidine rings is 1. The number of nitrogens with one attached hydrogen (secondary N) is 1. The molecular formula is C29H36Cl3N3O2. The Labute approximate surface area is 237 Å². The average Bonchev–Trinajstić information content (AvgIpc) is 2.89. The van der Waals surface area contributed by atoms with Crippen molar-refractivity contribution in [2.45, 2.75) is 43.6 Å². The highest BCUT2D eigenvalue weighted by Crippen LogP contribution is 2.37. The fourth-order valence-electron chi connectivity index (χ4n) is 5.18. The van der Waals surface area contributed by atoms with Crippen molar-refractivity contribution in [2.75, 3.05) is 26.2 Å². The zero-order valence-electron chi connectivity index (χ0n) is 21.1. The van der Waals surface area contributed by atoms with Gasteiger partial charge in [0.05, 0.1) is 16.7 Å². The molecule has 2 heterocycles. The molecule has 200 valence electrons. The van der Waals surface area contributed by atoms with Crippen LogP contribution in [0.2, 0.25) is 5.02 Å². The number of likely N-dealkylation sites (tertiary alicyclic amines) is 1. The molecule has 4 rings (SSSR count). The van der Waals surface area contributed by atoms with Crippen molar-refractivity contribution in [2.24, 2.45) is 0 Å². The molecule has 0 bridgehead atoms. The van der Waals surface area contributed by atoms with Crippen molar-refractivity contribution in [3.8, 4) is 0 Å². The lowest BCUT2D eigenvalue weighted by Gasteiger charge is -2.39. The van der Waals surface area contributed by atoms with Crippen molar-refractivity contribution in [3.63, 3.8) is 0 Å². The van der Waals surface area contributed by atoms with Crippen molar-refractivity contribution in [3.05, 3.63) is 101 Å². The molecule has 37 heavy (non-hydrogen) atoms. The number of halogens is 3. The maximum Gasteiger partial charge on any atom is 0.216 e. The van der Waals surface area contributed by atoms with Gasteiger partial charge in [-0.25, -0.2) is 0 Å². The zero-order chi connectivity index (χ0) is 24.7. The second-order valence-electron chi connectivity index (χ2n) is 9.56. The molecule has 0 spiro atoms. The summed E-state index contributed by atoms with van der Waals surface area (Å²) >= 11 is 6.02. The highest BCUT2D eigenvalue weighted by Gasteiger charge is 2.37. The summed E-state index contributed by atoms with van der Waals surface area (Å²) in [5.41, 5.74) is 1.86. The summed E-state index contributed by atoms with van der Waals surface area (Å²) in [5.74, 6) is -0.0428. The normalized spacial score (nSPS) is 16.5. The fourth-order valence-corrected chi connectivity index (χ4v) is 5.31. The van der Waals surface area contributed by atoms with Gasteiger partial charge < -0.3 is 15.3 Å². The maximum atomic E-state index is 11.9. The summed E-state index contributed by atoms with van der Waals surface area (Å²) in [5, 5.41) is 15.0. The number of hydrogen-bond acceptors (Lipinski definition) is 4. The number of aliphatic hydroxyl groups is 1. The molecule has 1 atom stereocenters. The third-order valence-corrected chi connectivity index (χ3v) is 7.52. The van der Waals surface area contributed by atoms with E-state index in [4.69, 9.17) is 16.6 Å². The summed E-state index contributed by atoms with van der Waals surface area (Å²) in [6.07, 6.45) is 5.02. The molecule has 3 aromatic rings. The van der Waals surface area contributed by atoms with Gasteiger partial charge in [-0.3, -0.25) is 9.78 Å². The topological polar surface area (TPSA) is 65.5 Å². The van der Waals surface area contributed by atoms with E-state index in [1.807, 2.05) is 60.8 Å². The molecule has 0 saturated carbocycles. The van der Waals surface area contributed by atoms with Crippen LogP contribution in [-0.2, 0) is 15.8 Å². The van der Waals surface area contributed by atoms with E-state index in [9.17, 15) is 9.90 Å². The quantitative estimate of drug-likeness (QED) is 0.347. The first-order valence-electron chi connectivity index (χ1n) is 12.3. The molecule has 0 aliphatic carbocycles. The summed E-state index contributed by atoms with van der Waals surface area (Å²) in [4.78, 5) is 19.0. The number of carbonyl (C=O) groups excluding carboxylic acids is 1. The Balaban J connectivity index is 0.00000241. The van der Waals surface area contributed by atoms with Crippen molar-refractivity contribution >= 4 is 42.3 Å².